The maximum absolute atomic E-state index is 14.0. The third kappa shape index (κ3) is 8.61. The Bertz CT molecular complexity index is 1430. The summed E-state index contributed by atoms with van der Waals surface area (Å²) in [5.41, 5.74) is 0.957. The van der Waals surface area contributed by atoms with Gasteiger partial charge in [-0.1, -0.05) is 42.3 Å². The topological polar surface area (TPSA) is 96.0 Å². The highest BCUT2D eigenvalue weighted by Crippen LogP contribution is 2.27. The Morgan fingerprint density at radius 3 is 2.17 bits per heavy atom. The van der Waals surface area contributed by atoms with Gasteiger partial charge in [0.25, 0.3) is 10.0 Å². The smallest absolute Gasteiger partial charge is 0.264 e. The first-order valence-corrected chi connectivity index (χ1v) is 15.5. The average Bonchev–Trinajstić information content (AvgIpc) is 2.95. The lowest BCUT2D eigenvalue weighted by Gasteiger charge is -2.32. The molecule has 0 saturated carbocycles. The van der Waals surface area contributed by atoms with Gasteiger partial charge in [-0.15, -0.1) is 0 Å². The molecule has 220 valence electrons. The largest absolute Gasteiger partial charge is 0.494 e. The Hall–Kier alpha value is -3.27. The fourth-order valence-corrected chi connectivity index (χ4v) is 5.77. The van der Waals surface area contributed by atoms with Gasteiger partial charge in [-0.25, -0.2) is 8.42 Å². The first-order chi connectivity index (χ1) is 19.5. The Balaban J connectivity index is 2.03. The number of rotatable bonds is 13. The van der Waals surface area contributed by atoms with Crippen LogP contribution >= 0.6 is 23.2 Å². The summed E-state index contributed by atoms with van der Waals surface area (Å²) in [6.07, 6.45) is 0.714. The van der Waals surface area contributed by atoms with Gasteiger partial charge in [0.15, 0.2) is 0 Å². The second-order valence-corrected chi connectivity index (χ2v) is 12.3. The highest BCUT2D eigenvalue weighted by Gasteiger charge is 2.33. The zero-order valence-electron chi connectivity index (χ0n) is 23.5. The van der Waals surface area contributed by atoms with Gasteiger partial charge in [-0.05, 0) is 93.4 Å². The summed E-state index contributed by atoms with van der Waals surface area (Å²) < 4.78 is 34.3. The average molecular weight is 621 g/mol. The zero-order chi connectivity index (χ0) is 30.2. The van der Waals surface area contributed by atoms with Crippen LogP contribution in [0.15, 0.2) is 77.7 Å². The number of amides is 2. The van der Waals surface area contributed by atoms with Crippen molar-refractivity contribution in [1.82, 2.24) is 10.2 Å². The molecule has 0 fully saturated rings. The molecule has 0 unspecified atom stereocenters. The number of anilines is 1. The first kappa shape index (κ1) is 32.2. The second-order valence-electron chi connectivity index (χ2n) is 9.54. The molecule has 41 heavy (non-hydrogen) atoms. The summed E-state index contributed by atoms with van der Waals surface area (Å²) in [6, 6.07) is 18.1. The second kappa shape index (κ2) is 14.6. The molecule has 0 aliphatic carbocycles. The Morgan fingerprint density at radius 1 is 0.927 bits per heavy atom. The molecule has 0 spiro atoms. The van der Waals surface area contributed by atoms with Gasteiger partial charge >= 0.3 is 0 Å². The molecule has 0 radical (unpaired) electrons. The molecule has 3 aromatic rings. The van der Waals surface area contributed by atoms with Crippen LogP contribution in [-0.2, 0) is 26.2 Å². The molecule has 3 aromatic carbocycles. The van der Waals surface area contributed by atoms with E-state index in [0.717, 1.165) is 4.31 Å². The van der Waals surface area contributed by atoms with Gasteiger partial charge in [0, 0.05) is 22.6 Å². The summed E-state index contributed by atoms with van der Waals surface area (Å²) in [4.78, 5) is 28.4. The van der Waals surface area contributed by atoms with E-state index >= 15 is 0 Å². The highest BCUT2D eigenvalue weighted by molar-refractivity contribution is 7.92. The molecular formula is C30H35Cl2N3O5S. The molecule has 11 heteroatoms. The summed E-state index contributed by atoms with van der Waals surface area (Å²) in [5, 5.41) is 3.77. The highest BCUT2D eigenvalue weighted by atomic mass is 35.5. The molecule has 0 aliphatic heterocycles. The van der Waals surface area contributed by atoms with Crippen molar-refractivity contribution < 1.29 is 22.7 Å². The Labute approximate surface area is 252 Å². The number of hydrogen-bond donors (Lipinski definition) is 1. The predicted octanol–water partition coefficient (Wildman–Crippen LogP) is 5.92. The molecule has 0 saturated heterocycles. The minimum Gasteiger partial charge on any atom is -0.494 e. The quantitative estimate of drug-likeness (QED) is 0.256. The van der Waals surface area contributed by atoms with E-state index < -0.39 is 28.5 Å². The number of hydrogen-bond acceptors (Lipinski definition) is 5. The van der Waals surface area contributed by atoms with Gasteiger partial charge in [0.1, 0.15) is 18.3 Å². The maximum atomic E-state index is 14.0. The summed E-state index contributed by atoms with van der Waals surface area (Å²) in [7, 11) is -4.21. The van der Waals surface area contributed by atoms with Gasteiger partial charge < -0.3 is 15.0 Å². The SMILES string of the molecule is CCOc1ccc(N(CC(=O)N(Cc2cccc(Cl)c2)[C@H](C)C(=O)N[C@@H](C)CC)S(=O)(=O)c2ccc(Cl)cc2)cc1. The number of carbonyl (C=O) groups excluding carboxylic acids is 2. The molecule has 3 rings (SSSR count). The lowest BCUT2D eigenvalue weighted by atomic mass is 10.1. The van der Waals surface area contributed by atoms with Crippen molar-refractivity contribution in [2.75, 3.05) is 17.5 Å². The van der Waals surface area contributed by atoms with Crippen LogP contribution in [0.2, 0.25) is 10.0 Å². The number of sulfonamides is 1. The summed E-state index contributed by atoms with van der Waals surface area (Å²) >= 11 is 12.2. The van der Waals surface area contributed by atoms with Crippen molar-refractivity contribution in [2.45, 2.75) is 57.6 Å². The number of ether oxygens (including phenoxy) is 1. The minimum atomic E-state index is -4.21. The molecule has 2 atom stereocenters. The molecule has 0 aliphatic rings. The van der Waals surface area contributed by atoms with Crippen molar-refractivity contribution >= 4 is 50.7 Å². The van der Waals surface area contributed by atoms with Crippen LogP contribution in [0.5, 0.6) is 5.75 Å². The van der Waals surface area contributed by atoms with Gasteiger partial charge in [-0.3, -0.25) is 13.9 Å². The van der Waals surface area contributed by atoms with E-state index in [2.05, 4.69) is 5.32 Å². The van der Waals surface area contributed by atoms with Crippen LogP contribution in [0.25, 0.3) is 0 Å². The van der Waals surface area contributed by atoms with E-state index in [4.69, 9.17) is 27.9 Å². The van der Waals surface area contributed by atoms with E-state index in [1.807, 2.05) is 20.8 Å². The van der Waals surface area contributed by atoms with E-state index in [-0.39, 0.29) is 29.1 Å². The van der Waals surface area contributed by atoms with Crippen molar-refractivity contribution in [3.8, 4) is 5.75 Å². The predicted molar refractivity (Wildman–Crippen MR) is 163 cm³/mol. The molecular weight excluding hydrogens is 585 g/mol. The van der Waals surface area contributed by atoms with Crippen LogP contribution in [0.1, 0.15) is 39.7 Å². The van der Waals surface area contributed by atoms with E-state index in [1.165, 1.54) is 29.2 Å². The van der Waals surface area contributed by atoms with Gasteiger partial charge in [0.05, 0.1) is 17.2 Å². The zero-order valence-corrected chi connectivity index (χ0v) is 25.8. The molecule has 0 bridgehead atoms. The van der Waals surface area contributed by atoms with Crippen molar-refractivity contribution in [3.05, 3.63) is 88.4 Å². The first-order valence-electron chi connectivity index (χ1n) is 13.3. The number of nitrogens with one attached hydrogen (secondary N) is 1. The number of carbonyl (C=O) groups is 2. The van der Waals surface area contributed by atoms with Crippen molar-refractivity contribution in [3.63, 3.8) is 0 Å². The monoisotopic (exact) mass is 619 g/mol. The van der Waals surface area contributed by atoms with Crippen LogP contribution in [0, 0.1) is 0 Å². The van der Waals surface area contributed by atoms with Gasteiger partial charge in [-0.2, -0.15) is 0 Å². The normalized spacial score (nSPS) is 12.7. The number of nitrogens with zero attached hydrogens (tertiary/aromatic N) is 2. The molecule has 0 heterocycles. The Kier molecular flexibility index (Phi) is 11.5. The van der Waals surface area contributed by atoms with Crippen molar-refractivity contribution in [2.24, 2.45) is 0 Å². The maximum Gasteiger partial charge on any atom is 0.264 e. The van der Waals surface area contributed by atoms with Crippen LogP contribution < -0.4 is 14.4 Å². The van der Waals surface area contributed by atoms with Crippen LogP contribution in [0.4, 0.5) is 5.69 Å². The lowest BCUT2D eigenvalue weighted by Crippen LogP contribution is -2.52. The molecule has 2 amide bonds. The summed E-state index contributed by atoms with van der Waals surface area (Å²) in [5.74, 6) is -0.351. The number of halogens is 2. The third-order valence-corrected chi connectivity index (χ3v) is 8.80. The molecule has 8 nitrogen and oxygen atoms in total. The molecule has 1 N–H and O–H groups in total. The minimum absolute atomic E-state index is 0.0347. The van der Waals surface area contributed by atoms with E-state index in [9.17, 15) is 18.0 Å². The lowest BCUT2D eigenvalue weighted by molar-refractivity contribution is -0.139. The van der Waals surface area contributed by atoms with Gasteiger partial charge in [0.2, 0.25) is 11.8 Å². The molecule has 0 aromatic heterocycles. The standard InChI is InChI=1S/C30H35Cl2N3O5S/c1-5-21(3)33-30(37)22(4)34(19-23-8-7-9-25(32)18-23)29(36)20-35(26-12-14-27(15-13-26)40-6-2)41(38,39)28-16-10-24(31)11-17-28/h7-18,21-22H,5-6,19-20H2,1-4H3,(H,33,37)/t21-,22+/m0/s1. The fourth-order valence-electron chi connectivity index (χ4n) is 4.02. The van der Waals surface area contributed by atoms with E-state index in [1.54, 1.807) is 55.5 Å². The Morgan fingerprint density at radius 2 is 1.59 bits per heavy atom. The third-order valence-electron chi connectivity index (χ3n) is 6.53. The van der Waals surface area contributed by atoms with Crippen molar-refractivity contribution in [1.29, 1.82) is 0 Å². The summed E-state index contributed by atoms with van der Waals surface area (Å²) in [6.45, 7) is 7.22. The fraction of sp³-hybridized carbons (Fsp3) is 0.333. The van der Waals surface area contributed by atoms with Crippen LogP contribution in [0.3, 0.4) is 0 Å². The number of benzene rings is 3. The van der Waals surface area contributed by atoms with Crippen LogP contribution in [-0.4, -0.2) is 50.4 Å². The van der Waals surface area contributed by atoms with E-state index in [0.29, 0.717) is 34.4 Å².